The van der Waals surface area contributed by atoms with Crippen LogP contribution in [0.1, 0.15) is 11.6 Å². The second kappa shape index (κ2) is 3.46. The zero-order valence-corrected chi connectivity index (χ0v) is 7.94. The summed E-state index contributed by atoms with van der Waals surface area (Å²) in [5.41, 5.74) is 0.413. The highest BCUT2D eigenvalue weighted by molar-refractivity contribution is 6.30. The lowest BCUT2D eigenvalue weighted by Crippen LogP contribution is -2.22. The standard InChI is InChI=1S/C9H8ClFN2O/c10-5-1-2-7(11)6(3-5)8-4-12-9(14)13-8/h1-3,8H,4H2,(H2,12,13,14)/t8-/m0/s1. The van der Waals surface area contributed by atoms with E-state index in [1.54, 1.807) is 0 Å². The van der Waals surface area contributed by atoms with Crippen molar-refractivity contribution in [1.82, 2.24) is 10.6 Å². The topological polar surface area (TPSA) is 41.1 Å². The number of nitrogens with one attached hydrogen (secondary N) is 2. The number of carbonyl (C=O) groups excluding carboxylic acids is 1. The summed E-state index contributed by atoms with van der Waals surface area (Å²) in [6.07, 6.45) is 0. The van der Waals surface area contributed by atoms with Crippen LogP contribution in [0.15, 0.2) is 18.2 Å². The zero-order valence-electron chi connectivity index (χ0n) is 7.18. The molecule has 0 spiro atoms. The molecule has 3 nitrogen and oxygen atoms in total. The van der Waals surface area contributed by atoms with Crippen molar-refractivity contribution in [1.29, 1.82) is 0 Å². The Morgan fingerprint density at radius 3 is 2.93 bits per heavy atom. The molecule has 1 aliphatic rings. The third-order valence-electron chi connectivity index (χ3n) is 2.11. The molecule has 1 aliphatic heterocycles. The lowest BCUT2D eigenvalue weighted by molar-refractivity contribution is 0.247. The van der Waals surface area contributed by atoms with E-state index in [0.717, 1.165) is 0 Å². The molecule has 0 radical (unpaired) electrons. The number of amides is 2. The van der Waals surface area contributed by atoms with Crippen LogP contribution in [0.5, 0.6) is 0 Å². The van der Waals surface area contributed by atoms with Gasteiger partial charge in [-0.3, -0.25) is 0 Å². The summed E-state index contributed by atoms with van der Waals surface area (Å²) in [4.78, 5) is 10.8. The quantitative estimate of drug-likeness (QED) is 0.736. The molecule has 1 atom stereocenters. The van der Waals surface area contributed by atoms with E-state index in [1.807, 2.05) is 0 Å². The van der Waals surface area contributed by atoms with Crippen LogP contribution in [0, 0.1) is 5.82 Å². The first-order valence-corrected chi connectivity index (χ1v) is 4.54. The van der Waals surface area contributed by atoms with E-state index in [4.69, 9.17) is 11.6 Å². The fraction of sp³-hybridized carbons (Fsp3) is 0.222. The normalized spacial score (nSPS) is 20.4. The lowest BCUT2D eigenvalue weighted by atomic mass is 10.1. The van der Waals surface area contributed by atoms with Gasteiger partial charge in [0.2, 0.25) is 0 Å². The minimum absolute atomic E-state index is 0.283. The van der Waals surface area contributed by atoms with E-state index in [1.165, 1.54) is 18.2 Å². The predicted octanol–water partition coefficient (Wildman–Crippen LogP) is 1.83. The first-order valence-electron chi connectivity index (χ1n) is 4.16. The minimum atomic E-state index is -0.358. The Labute approximate surface area is 85.3 Å². The molecule has 0 aromatic heterocycles. The summed E-state index contributed by atoms with van der Waals surface area (Å²) in [5.74, 6) is -0.358. The molecule has 1 aromatic carbocycles. The number of urea groups is 1. The molecule has 2 amide bonds. The summed E-state index contributed by atoms with van der Waals surface area (Å²) in [6.45, 7) is 0.385. The Balaban J connectivity index is 2.31. The molecule has 74 valence electrons. The van der Waals surface area contributed by atoms with Crippen molar-refractivity contribution >= 4 is 17.6 Å². The van der Waals surface area contributed by atoms with Gasteiger partial charge in [-0.15, -0.1) is 0 Å². The molecule has 2 N–H and O–H groups in total. The maximum Gasteiger partial charge on any atom is 0.315 e. The van der Waals surface area contributed by atoms with Gasteiger partial charge in [0.05, 0.1) is 6.04 Å². The first-order chi connectivity index (χ1) is 6.66. The number of carbonyl (C=O) groups is 1. The van der Waals surface area contributed by atoms with Crippen molar-refractivity contribution in [3.05, 3.63) is 34.6 Å². The van der Waals surface area contributed by atoms with Gasteiger partial charge >= 0.3 is 6.03 Å². The molecular formula is C9H8ClFN2O. The molecule has 0 unspecified atom stereocenters. The molecule has 1 saturated heterocycles. The van der Waals surface area contributed by atoms with Crippen LogP contribution in [0.4, 0.5) is 9.18 Å². The number of rotatable bonds is 1. The van der Waals surface area contributed by atoms with Gasteiger partial charge in [-0.05, 0) is 18.2 Å². The second-order valence-corrected chi connectivity index (χ2v) is 3.51. The molecule has 1 heterocycles. The van der Waals surface area contributed by atoms with Crippen molar-refractivity contribution in [3.63, 3.8) is 0 Å². The maximum absolute atomic E-state index is 13.3. The van der Waals surface area contributed by atoms with Crippen molar-refractivity contribution in [3.8, 4) is 0 Å². The third kappa shape index (κ3) is 1.65. The molecule has 0 saturated carbocycles. The van der Waals surface area contributed by atoms with Crippen LogP contribution in [-0.2, 0) is 0 Å². The Kier molecular flexibility index (Phi) is 2.29. The summed E-state index contributed by atoms with van der Waals surface area (Å²) < 4.78 is 13.3. The summed E-state index contributed by atoms with van der Waals surface area (Å²) >= 11 is 5.73. The number of hydrogen-bond acceptors (Lipinski definition) is 1. The van der Waals surface area contributed by atoms with Crippen LogP contribution in [0.25, 0.3) is 0 Å². The minimum Gasteiger partial charge on any atom is -0.336 e. The van der Waals surface area contributed by atoms with Gasteiger partial charge in [-0.1, -0.05) is 11.6 Å². The van der Waals surface area contributed by atoms with Crippen molar-refractivity contribution < 1.29 is 9.18 Å². The molecule has 5 heteroatoms. The monoisotopic (exact) mass is 214 g/mol. The summed E-state index contributed by atoms with van der Waals surface area (Å²) in [6, 6.07) is 3.68. The smallest absolute Gasteiger partial charge is 0.315 e. The average Bonchev–Trinajstić information content (AvgIpc) is 2.56. The van der Waals surface area contributed by atoms with Crippen LogP contribution in [0.2, 0.25) is 5.02 Å². The SMILES string of the molecule is O=C1NC[C@@H](c2cc(Cl)ccc2F)N1. The highest BCUT2D eigenvalue weighted by Gasteiger charge is 2.24. The highest BCUT2D eigenvalue weighted by atomic mass is 35.5. The zero-order chi connectivity index (χ0) is 10.1. The van der Waals surface area contributed by atoms with E-state index in [9.17, 15) is 9.18 Å². The summed E-state index contributed by atoms with van der Waals surface area (Å²) in [5, 5.41) is 5.61. The number of hydrogen-bond donors (Lipinski definition) is 2. The van der Waals surface area contributed by atoms with Crippen molar-refractivity contribution in [2.24, 2.45) is 0 Å². The van der Waals surface area contributed by atoms with Crippen LogP contribution in [-0.4, -0.2) is 12.6 Å². The third-order valence-corrected chi connectivity index (χ3v) is 2.34. The van der Waals surface area contributed by atoms with E-state index in [2.05, 4.69) is 10.6 Å². The molecule has 14 heavy (non-hydrogen) atoms. The van der Waals surface area contributed by atoms with Gasteiger partial charge in [0.1, 0.15) is 5.82 Å². The Hall–Kier alpha value is -1.29. The number of halogens is 2. The summed E-state index contributed by atoms with van der Waals surface area (Å²) in [7, 11) is 0. The van der Waals surface area contributed by atoms with Gasteiger partial charge in [0, 0.05) is 17.1 Å². The lowest BCUT2D eigenvalue weighted by Gasteiger charge is -2.10. The fourth-order valence-electron chi connectivity index (χ4n) is 1.42. The van der Waals surface area contributed by atoms with E-state index in [0.29, 0.717) is 17.1 Å². The van der Waals surface area contributed by atoms with Gasteiger partial charge in [-0.2, -0.15) is 0 Å². The Morgan fingerprint density at radius 2 is 2.29 bits per heavy atom. The van der Waals surface area contributed by atoms with E-state index in [-0.39, 0.29) is 17.9 Å². The van der Waals surface area contributed by atoms with Crippen molar-refractivity contribution in [2.45, 2.75) is 6.04 Å². The largest absolute Gasteiger partial charge is 0.336 e. The van der Waals surface area contributed by atoms with E-state index < -0.39 is 0 Å². The van der Waals surface area contributed by atoms with E-state index >= 15 is 0 Å². The molecule has 1 fully saturated rings. The molecule has 0 aliphatic carbocycles. The Bertz CT molecular complexity index is 383. The van der Waals surface area contributed by atoms with Crippen LogP contribution >= 0.6 is 11.6 Å². The van der Waals surface area contributed by atoms with Gasteiger partial charge in [-0.25, -0.2) is 9.18 Å². The molecular weight excluding hydrogens is 207 g/mol. The van der Waals surface area contributed by atoms with Crippen LogP contribution in [0.3, 0.4) is 0 Å². The van der Waals surface area contributed by atoms with Crippen molar-refractivity contribution in [2.75, 3.05) is 6.54 Å². The fourth-order valence-corrected chi connectivity index (χ4v) is 1.60. The second-order valence-electron chi connectivity index (χ2n) is 3.07. The molecule has 2 rings (SSSR count). The van der Waals surface area contributed by atoms with Crippen LogP contribution < -0.4 is 10.6 Å². The predicted molar refractivity (Wildman–Crippen MR) is 50.7 cm³/mol. The molecule has 1 aromatic rings. The van der Waals surface area contributed by atoms with Gasteiger partial charge < -0.3 is 10.6 Å². The highest BCUT2D eigenvalue weighted by Crippen LogP contribution is 2.22. The average molecular weight is 215 g/mol. The first kappa shape index (κ1) is 9.27. The molecule has 0 bridgehead atoms. The maximum atomic E-state index is 13.3. The Morgan fingerprint density at radius 1 is 1.50 bits per heavy atom. The number of benzene rings is 1. The van der Waals surface area contributed by atoms with Gasteiger partial charge in [0.25, 0.3) is 0 Å². The van der Waals surface area contributed by atoms with Gasteiger partial charge in [0.15, 0.2) is 0 Å².